The molecule has 19 heavy (non-hydrogen) atoms. The number of ether oxygens (including phenoxy) is 1. The Bertz CT molecular complexity index is 552. The summed E-state index contributed by atoms with van der Waals surface area (Å²) in [5, 5.41) is 22.1. The van der Waals surface area contributed by atoms with Gasteiger partial charge in [0, 0.05) is 11.7 Å². The molecule has 0 aliphatic heterocycles. The summed E-state index contributed by atoms with van der Waals surface area (Å²) in [5.74, 6) is 0.824. The molecule has 4 nitrogen and oxygen atoms in total. The summed E-state index contributed by atoms with van der Waals surface area (Å²) in [4.78, 5) is 0. The van der Waals surface area contributed by atoms with Crippen molar-refractivity contribution in [1.82, 2.24) is 0 Å². The number of aromatic hydroxyl groups is 2. The first-order valence-corrected chi connectivity index (χ1v) is 6.02. The lowest BCUT2D eigenvalue weighted by atomic mass is 10.1. The lowest BCUT2D eigenvalue weighted by Gasteiger charge is -2.17. The molecule has 0 amide bonds. The molecule has 0 saturated carbocycles. The van der Waals surface area contributed by atoms with Crippen LogP contribution in [-0.2, 0) is 0 Å². The van der Waals surface area contributed by atoms with E-state index in [1.54, 1.807) is 24.3 Å². The summed E-state index contributed by atoms with van der Waals surface area (Å²) < 4.78 is 5.09. The first-order chi connectivity index (χ1) is 9.10. The molecule has 1 unspecified atom stereocenters. The molecule has 0 spiro atoms. The molecule has 100 valence electrons. The van der Waals surface area contributed by atoms with Crippen LogP contribution in [0.15, 0.2) is 42.5 Å². The Kier molecular flexibility index (Phi) is 3.80. The van der Waals surface area contributed by atoms with Gasteiger partial charge in [-0.25, -0.2) is 0 Å². The van der Waals surface area contributed by atoms with E-state index in [2.05, 4.69) is 5.32 Å². The number of nitrogens with one attached hydrogen (secondary N) is 1. The van der Waals surface area contributed by atoms with Crippen LogP contribution in [-0.4, -0.2) is 17.3 Å². The zero-order chi connectivity index (χ0) is 13.8. The normalized spacial score (nSPS) is 11.9. The lowest BCUT2D eigenvalue weighted by Crippen LogP contribution is -2.06. The van der Waals surface area contributed by atoms with E-state index in [1.807, 2.05) is 25.1 Å². The summed E-state index contributed by atoms with van der Waals surface area (Å²) in [6, 6.07) is 12.2. The Balaban J connectivity index is 2.15. The van der Waals surface area contributed by atoms with Crippen molar-refractivity contribution in [3.8, 4) is 17.2 Å². The number of benzene rings is 2. The van der Waals surface area contributed by atoms with Gasteiger partial charge in [0.15, 0.2) is 11.5 Å². The maximum atomic E-state index is 9.56. The predicted octanol–water partition coefficient (Wildman–Crippen LogP) is 3.28. The fourth-order valence-corrected chi connectivity index (χ4v) is 1.85. The second-order valence-electron chi connectivity index (χ2n) is 4.34. The highest BCUT2D eigenvalue weighted by molar-refractivity contribution is 5.49. The summed E-state index contributed by atoms with van der Waals surface area (Å²) in [6.45, 7) is 2.01. The molecule has 0 aromatic heterocycles. The molecule has 0 fully saturated rings. The van der Waals surface area contributed by atoms with Crippen LogP contribution in [0.4, 0.5) is 5.69 Å². The van der Waals surface area contributed by atoms with Crippen LogP contribution in [0.25, 0.3) is 0 Å². The van der Waals surface area contributed by atoms with E-state index in [-0.39, 0.29) is 17.5 Å². The van der Waals surface area contributed by atoms with Crippen molar-refractivity contribution in [2.45, 2.75) is 13.0 Å². The van der Waals surface area contributed by atoms with Crippen molar-refractivity contribution in [1.29, 1.82) is 0 Å². The van der Waals surface area contributed by atoms with Gasteiger partial charge in [0.25, 0.3) is 0 Å². The highest BCUT2D eigenvalue weighted by atomic mass is 16.5. The minimum atomic E-state index is 0.0547. The standard InChI is InChI=1S/C15H17NO3/c1-10(16-12-4-6-13(17)7-5-12)11-3-8-14(18)15(9-11)19-2/h3-10,16-18H,1-2H3. The minimum Gasteiger partial charge on any atom is -0.508 e. The van der Waals surface area contributed by atoms with Crippen molar-refractivity contribution in [2.75, 3.05) is 12.4 Å². The number of methoxy groups -OCH3 is 1. The Morgan fingerprint density at radius 3 is 2.37 bits per heavy atom. The molecule has 0 radical (unpaired) electrons. The molecule has 0 bridgehead atoms. The zero-order valence-corrected chi connectivity index (χ0v) is 10.9. The van der Waals surface area contributed by atoms with Gasteiger partial charge in [-0.2, -0.15) is 0 Å². The molecule has 1 atom stereocenters. The molecule has 0 aliphatic carbocycles. The third kappa shape index (κ3) is 3.10. The summed E-state index contributed by atoms with van der Waals surface area (Å²) in [7, 11) is 1.52. The summed E-state index contributed by atoms with van der Waals surface area (Å²) in [6.07, 6.45) is 0. The monoisotopic (exact) mass is 259 g/mol. The van der Waals surface area contributed by atoms with Crippen molar-refractivity contribution in [3.63, 3.8) is 0 Å². The molecule has 0 heterocycles. The van der Waals surface area contributed by atoms with E-state index in [9.17, 15) is 10.2 Å². The van der Waals surface area contributed by atoms with E-state index < -0.39 is 0 Å². The van der Waals surface area contributed by atoms with Crippen molar-refractivity contribution in [2.24, 2.45) is 0 Å². The molecular formula is C15H17NO3. The third-order valence-corrected chi connectivity index (χ3v) is 2.95. The first kappa shape index (κ1) is 13.1. The van der Waals surface area contributed by atoms with Gasteiger partial charge in [0.1, 0.15) is 5.75 Å². The van der Waals surface area contributed by atoms with E-state index in [0.717, 1.165) is 11.3 Å². The Morgan fingerprint density at radius 1 is 1.05 bits per heavy atom. The van der Waals surface area contributed by atoms with Crippen LogP contribution in [0, 0.1) is 0 Å². The van der Waals surface area contributed by atoms with E-state index in [0.29, 0.717) is 5.75 Å². The summed E-state index contributed by atoms with van der Waals surface area (Å²) >= 11 is 0. The molecule has 2 rings (SSSR count). The van der Waals surface area contributed by atoms with Gasteiger partial charge in [-0.05, 0) is 48.9 Å². The number of hydrogen-bond acceptors (Lipinski definition) is 4. The van der Waals surface area contributed by atoms with E-state index in [4.69, 9.17) is 4.74 Å². The second kappa shape index (κ2) is 5.52. The molecule has 2 aromatic carbocycles. The van der Waals surface area contributed by atoms with Gasteiger partial charge in [0.05, 0.1) is 7.11 Å². The highest BCUT2D eigenvalue weighted by Gasteiger charge is 2.09. The molecule has 0 saturated heterocycles. The molecule has 0 aliphatic rings. The Labute approximate surface area is 112 Å². The van der Waals surface area contributed by atoms with Crippen molar-refractivity contribution in [3.05, 3.63) is 48.0 Å². The second-order valence-corrected chi connectivity index (χ2v) is 4.34. The van der Waals surface area contributed by atoms with Gasteiger partial charge >= 0.3 is 0 Å². The van der Waals surface area contributed by atoms with E-state index in [1.165, 1.54) is 7.11 Å². The average molecular weight is 259 g/mol. The lowest BCUT2D eigenvalue weighted by molar-refractivity contribution is 0.373. The number of anilines is 1. The van der Waals surface area contributed by atoms with Crippen LogP contribution in [0.2, 0.25) is 0 Å². The molecule has 4 heteroatoms. The smallest absolute Gasteiger partial charge is 0.160 e. The molecule has 2 aromatic rings. The maximum Gasteiger partial charge on any atom is 0.160 e. The van der Waals surface area contributed by atoms with Gasteiger partial charge in [-0.15, -0.1) is 0 Å². The quantitative estimate of drug-likeness (QED) is 0.737. The third-order valence-electron chi connectivity index (χ3n) is 2.95. The van der Waals surface area contributed by atoms with Gasteiger partial charge in [-0.3, -0.25) is 0 Å². The fourth-order valence-electron chi connectivity index (χ4n) is 1.85. The van der Waals surface area contributed by atoms with Crippen LogP contribution in [0.5, 0.6) is 17.2 Å². The van der Waals surface area contributed by atoms with Crippen molar-refractivity contribution < 1.29 is 14.9 Å². The zero-order valence-electron chi connectivity index (χ0n) is 10.9. The highest BCUT2D eigenvalue weighted by Crippen LogP contribution is 2.30. The average Bonchev–Trinajstić information content (AvgIpc) is 2.42. The molecule has 3 N–H and O–H groups in total. The van der Waals surface area contributed by atoms with Crippen LogP contribution < -0.4 is 10.1 Å². The Morgan fingerprint density at radius 2 is 1.74 bits per heavy atom. The fraction of sp³-hybridized carbons (Fsp3) is 0.200. The maximum absolute atomic E-state index is 9.56. The van der Waals surface area contributed by atoms with Crippen LogP contribution in [0.3, 0.4) is 0 Å². The SMILES string of the molecule is COc1cc(C(C)Nc2ccc(O)cc2)ccc1O. The van der Waals surface area contributed by atoms with Gasteiger partial charge in [0.2, 0.25) is 0 Å². The topological polar surface area (TPSA) is 61.7 Å². The van der Waals surface area contributed by atoms with Crippen LogP contribution in [0.1, 0.15) is 18.5 Å². The van der Waals surface area contributed by atoms with Gasteiger partial charge in [-0.1, -0.05) is 6.07 Å². The van der Waals surface area contributed by atoms with Crippen molar-refractivity contribution >= 4 is 5.69 Å². The van der Waals surface area contributed by atoms with Gasteiger partial charge < -0.3 is 20.3 Å². The number of hydrogen-bond donors (Lipinski definition) is 3. The summed E-state index contributed by atoms with van der Waals surface area (Å²) in [5.41, 5.74) is 1.92. The number of phenols is 2. The predicted molar refractivity (Wildman–Crippen MR) is 74.8 cm³/mol. The van der Waals surface area contributed by atoms with Crippen LogP contribution >= 0.6 is 0 Å². The Hall–Kier alpha value is -2.36. The number of rotatable bonds is 4. The molecular weight excluding hydrogens is 242 g/mol. The van der Waals surface area contributed by atoms with E-state index >= 15 is 0 Å². The first-order valence-electron chi connectivity index (χ1n) is 6.02. The largest absolute Gasteiger partial charge is 0.508 e. The number of phenolic OH excluding ortho intramolecular Hbond substituents is 2. The minimum absolute atomic E-state index is 0.0547.